The summed E-state index contributed by atoms with van der Waals surface area (Å²) in [7, 11) is -5.21. The molecule has 0 aromatic heterocycles. The highest BCUT2D eigenvalue weighted by atomic mass is 31.2. The Hall–Kier alpha value is -6.58. The van der Waals surface area contributed by atoms with E-state index in [0.29, 0.717) is 0 Å². The number of non-ortho nitro benzene ring substituents is 3. The molecule has 22 nitrogen and oxygen atoms in total. The monoisotopic (exact) mass is 584 g/mol. The molecule has 0 radical (unpaired) electrons. The molecule has 41 heavy (non-hydrogen) atoms. The van der Waals surface area contributed by atoms with Crippen LogP contribution in [0.2, 0.25) is 0 Å². The molecule has 23 heteroatoms. The van der Waals surface area contributed by atoms with Gasteiger partial charge in [-0.15, -0.1) is 0 Å². The smallest absolute Gasteiger partial charge is 0.385 e. The van der Waals surface area contributed by atoms with Gasteiger partial charge in [-0.25, -0.2) is 0 Å². The van der Waals surface area contributed by atoms with Gasteiger partial charge in [-0.05, 0) is 34.8 Å². The number of azide groups is 3. The Labute approximate surface area is 224 Å². The van der Waals surface area contributed by atoms with Crippen LogP contribution in [-0.4, -0.2) is 14.8 Å². The molecule has 0 bridgehead atoms. The van der Waals surface area contributed by atoms with Crippen LogP contribution in [0.4, 0.5) is 34.1 Å². The van der Waals surface area contributed by atoms with Crippen LogP contribution in [-0.2, 0) is 4.57 Å². The summed E-state index contributed by atoms with van der Waals surface area (Å²) in [6.07, 6.45) is 0. The molecule has 0 heterocycles. The molecule has 0 saturated heterocycles. The lowest BCUT2D eigenvalue weighted by Crippen LogP contribution is -2.08. The van der Waals surface area contributed by atoms with E-state index in [9.17, 15) is 34.9 Å². The number of phosphoric ester groups is 1. The molecule has 0 saturated carbocycles. The lowest BCUT2D eigenvalue weighted by atomic mass is 10.2. The predicted octanol–water partition coefficient (Wildman–Crippen LogP) is 7.88. The number of hydrogen-bond acceptors (Lipinski definition) is 13. The van der Waals surface area contributed by atoms with E-state index in [-0.39, 0.29) is 0 Å². The topological polar surface area (TPSA) is 320 Å². The second-order valence-corrected chi connectivity index (χ2v) is 8.46. The largest absolute Gasteiger partial charge is 0.647 e. The van der Waals surface area contributed by atoms with Gasteiger partial charge >= 0.3 is 7.82 Å². The predicted molar refractivity (Wildman–Crippen MR) is 135 cm³/mol. The lowest BCUT2D eigenvalue weighted by molar-refractivity contribution is -0.385. The fraction of sp³-hybridized carbons (Fsp3) is 0. The van der Waals surface area contributed by atoms with Crippen molar-refractivity contribution in [3.05, 3.63) is 116 Å². The minimum atomic E-state index is -5.21. The molecule has 3 aromatic carbocycles. The molecular formula is C18H9N12O10P. The van der Waals surface area contributed by atoms with Gasteiger partial charge in [-0.2, -0.15) is 4.57 Å². The second kappa shape index (κ2) is 12.3. The zero-order chi connectivity index (χ0) is 30.2. The first-order valence-corrected chi connectivity index (χ1v) is 11.7. The van der Waals surface area contributed by atoms with Crippen LogP contribution in [0.25, 0.3) is 31.3 Å². The van der Waals surface area contributed by atoms with Gasteiger partial charge in [0.25, 0.3) is 17.1 Å². The summed E-state index contributed by atoms with van der Waals surface area (Å²) in [6, 6.07) is 7.53. The molecule has 0 fully saturated rings. The maximum absolute atomic E-state index is 14.0. The maximum Gasteiger partial charge on any atom is 0.647 e. The first kappa shape index (κ1) is 29.0. The zero-order valence-corrected chi connectivity index (χ0v) is 20.5. The molecule has 0 atom stereocenters. The highest BCUT2D eigenvalue weighted by Crippen LogP contribution is 2.55. The van der Waals surface area contributed by atoms with Crippen LogP contribution in [0.1, 0.15) is 0 Å². The number of phosphoric acid groups is 1. The number of nitro benzene ring substituents is 3. The summed E-state index contributed by atoms with van der Waals surface area (Å²) in [5.74, 6) is -1.80. The van der Waals surface area contributed by atoms with Crippen LogP contribution < -0.4 is 13.6 Å². The van der Waals surface area contributed by atoms with E-state index >= 15 is 0 Å². The standard InChI is InChI=1S/C18H9N12O10P/c19-25-22-13-7-10(28(31)32)1-4-16(13)38-41(37,39-17-5-2-11(29(33)34)8-14(17)23-26-20)40-18-6-3-12(30(35)36)9-15(18)24-27-21/h1-9H. The van der Waals surface area contributed by atoms with Gasteiger partial charge in [-0.3, -0.25) is 30.3 Å². The highest BCUT2D eigenvalue weighted by molar-refractivity contribution is 7.49. The highest BCUT2D eigenvalue weighted by Gasteiger charge is 2.36. The third-order valence-electron chi connectivity index (χ3n) is 4.55. The maximum atomic E-state index is 14.0. The fourth-order valence-corrected chi connectivity index (χ4v) is 4.18. The van der Waals surface area contributed by atoms with E-state index < -0.39 is 74.0 Å². The van der Waals surface area contributed by atoms with E-state index in [2.05, 4.69) is 30.1 Å². The van der Waals surface area contributed by atoms with Gasteiger partial charge in [-0.1, -0.05) is 15.3 Å². The molecule has 0 spiro atoms. The van der Waals surface area contributed by atoms with Crippen molar-refractivity contribution in [3.63, 3.8) is 0 Å². The van der Waals surface area contributed by atoms with Gasteiger partial charge in [0, 0.05) is 51.1 Å². The molecule has 0 N–H and O–H groups in total. The Bertz CT molecular complexity index is 1580. The Balaban J connectivity index is 2.21. The Kier molecular flexibility index (Phi) is 8.70. The van der Waals surface area contributed by atoms with Crippen LogP contribution >= 0.6 is 7.82 Å². The quantitative estimate of drug-likeness (QED) is 0.0494. The fourth-order valence-electron chi connectivity index (χ4n) is 2.89. The number of rotatable bonds is 12. The lowest BCUT2D eigenvalue weighted by Gasteiger charge is -2.21. The molecule has 0 aliphatic rings. The van der Waals surface area contributed by atoms with Crippen molar-refractivity contribution >= 4 is 41.9 Å². The van der Waals surface area contributed by atoms with E-state index in [1.165, 1.54) is 0 Å². The van der Waals surface area contributed by atoms with Crippen molar-refractivity contribution in [1.29, 1.82) is 0 Å². The van der Waals surface area contributed by atoms with Crippen LogP contribution in [0.5, 0.6) is 17.2 Å². The van der Waals surface area contributed by atoms with Crippen LogP contribution in [0, 0.1) is 30.3 Å². The van der Waals surface area contributed by atoms with E-state index in [1.807, 2.05) is 0 Å². The van der Waals surface area contributed by atoms with Gasteiger partial charge in [0.15, 0.2) is 0 Å². The third-order valence-corrected chi connectivity index (χ3v) is 5.81. The second-order valence-electron chi connectivity index (χ2n) is 7.02. The summed E-state index contributed by atoms with van der Waals surface area (Å²) < 4.78 is 30.0. The minimum Gasteiger partial charge on any atom is -0.385 e. The summed E-state index contributed by atoms with van der Waals surface area (Å²) in [4.78, 5) is 38.4. The average molecular weight is 584 g/mol. The zero-order valence-electron chi connectivity index (χ0n) is 19.6. The molecule has 3 aromatic rings. The van der Waals surface area contributed by atoms with Crippen molar-refractivity contribution < 1.29 is 32.9 Å². The van der Waals surface area contributed by atoms with Crippen molar-refractivity contribution in [2.24, 2.45) is 15.3 Å². The van der Waals surface area contributed by atoms with Gasteiger partial charge < -0.3 is 13.6 Å². The molecule has 206 valence electrons. The van der Waals surface area contributed by atoms with Gasteiger partial charge in [0.05, 0.1) is 31.8 Å². The molecule has 0 unspecified atom stereocenters. The van der Waals surface area contributed by atoms with Crippen molar-refractivity contribution in [2.75, 3.05) is 0 Å². The Morgan fingerprint density at radius 3 is 1.07 bits per heavy atom. The van der Waals surface area contributed by atoms with E-state index in [0.717, 1.165) is 54.6 Å². The summed E-state index contributed by atoms with van der Waals surface area (Å²) >= 11 is 0. The number of nitro groups is 3. The number of benzene rings is 3. The van der Waals surface area contributed by atoms with Crippen molar-refractivity contribution in [2.45, 2.75) is 0 Å². The van der Waals surface area contributed by atoms with Gasteiger partial charge in [0.2, 0.25) is 0 Å². The average Bonchev–Trinajstić information content (AvgIpc) is 2.91. The van der Waals surface area contributed by atoms with Crippen LogP contribution in [0.15, 0.2) is 69.9 Å². The molecule has 3 rings (SSSR count). The van der Waals surface area contributed by atoms with Crippen LogP contribution in [0.3, 0.4) is 0 Å². The van der Waals surface area contributed by atoms with Gasteiger partial charge in [0.1, 0.15) is 17.2 Å². The Morgan fingerprint density at radius 1 is 0.585 bits per heavy atom. The summed E-state index contributed by atoms with van der Waals surface area (Å²) in [6.45, 7) is 0. The summed E-state index contributed by atoms with van der Waals surface area (Å²) in [5.41, 5.74) is 23.3. The SMILES string of the molecule is [N-]=[N+]=Nc1cc([N+](=O)[O-])ccc1OP(=O)(Oc1ccc([N+](=O)[O-])cc1N=[N+]=[N-])Oc1ccc([N+](=O)[O-])cc1N=[N+]=[N-]. The number of hydrogen-bond donors (Lipinski definition) is 0. The molecule has 0 aliphatic heterocycles. The number of nitrogens with zero attached hydrogens (tertiary/aromatic N) is 12. The van der Waals surface area contributed by atoms with Crippen molar-refractivity contribution in [1.82, 2.24) is 0 Å². The van der Waals surface area contributed by atoms with E-state index in [4.69, 9.17) is 30.2 Å². The van der Waals surface area contributed by atoms with Crippen molar-refractivity contribution in [3.8, 4) is 17.2 Å². The Morgan fingerprint density at radius 2 is 0.854 bits per heavy atom. The molecule has 0 aliphatic carbocycles. The summed E-state index contributed by atoms with van der Waals surface area (Å²) in [5, 5.41) is 43.1. The third kappa shape index (κ3) is 7.05. The van der Waals surface area contributed by atoms with E-state index in [1.54, 1.807) is 0 Å². The normalized spacial score (nSPS) is 11.3. The molecular weight excluding hydrogens is 575 g/mol. The molecule has 0 amide bonds. The first-order valence-electron chi connectivity index (χ1n) is 10.2. The first-order chi connectivity index (χ1) is 19.5. The minimum absolute atomic E-state index is 0.557.